The Morgan fingerprint density at radius 3 is 2.15 bits per heavy atom. The molecule has 1 saturated carbocycles. The van der Waals surface area contributed by atoms with Gasteiger partial charge in [0, 0.05) is 6.42 Å². The zero-order chi connectivity index (χ0) is 14.6. The van der Waals surface area contributed by atoms with Gasteiger partial charge in [0.2, 0.25) is 0 Å². The fraction of sp³-hybridized carbons (Fsp3) is 0.647. The Morgan fingerprint density at radius 2 is 1.70 bits per heavy atom. The largest absolute Gasteiger partial charge is 0.490 e. The van der Waals surface area contributed by atoms with Crippen molar-refractivity contribution in [3.05, 3.63) is 29.8 Å². The first-order valence-electron chi connectivity index (χ1n) is 7.42. The summed E-state index contributed by atoms with van der Waals surface area (Å²) < 4.78 is 11.8. The van der Waals surface area contributed by atoms with Crippen molar-refractivity contribution in [2.75, 3.05) is 0 Å². The minimum atomic E-state index is -0.964. The van der Waals surface area contributed by atoms with Crippen LogP contribution in [0.5, 0.6) is 5.75 Å². The summed E-state index contributed by atoms with van der Waals surface area (Å²) in [5, 5.41) is 11.1. The van der Waals surface area contributed by atoms with Gasteiger partial charge in [0.15, 0.2) is 0 Å². The molecule has 1 aliphatic carbocycles. The minimum absolute atomic E-state index is 0.318. The highest BCUT2D eigenvalue weighted by molar-refractivity contribution is 5.34. The van der Waals surface area contributed by atoms with Crippen LogP contribution in [0.4, 0.5) is 0 Å². The Bertz CT molecular complexity index is 499. The lowest BCUT2D eigenvalue weighted by Crippen LogP contribution is -2.43. The molecule has 1 N–H and O–H groups in total. The number of benzene rings is 1. The van der Waals surface area contributed by atoms with Crippen LogP contribution in [-0.4, -0.2) is 22.4 Å². The van der Waals surface area contributed by atoms with Crippen LogP contribution in [0.15, 0.2) is 24.3 Å². The number of aliphatic hydroxyl groups is 1. The summed E-state index contributed by atoms with van der Waals surface area (Å²) in [6.07, 6.45) is 3.30. The molecule has 0 amide bonds. The second kappa shape index (κ2) is 4.22. The summed E-state index contributed by atoms with van der Waals surface area (Å²) in [7, 11) is 0. The predicted molar refractivity (Wildman–Crippen MR) is 77.8 cm³/mol. The standard InChI is InChI=1S/C17H24O3/c1-15(2)11-17(18,16(3,4)20-15)12-5-7-13(8-6-12)19-14-9-10-14/h5-8,14,18H,9-11H2,1-4H3. The van der Waals surface area contributed by atoms with Crippen molar-refractivity contribution in [3.63, 3.8) is 0 Å². The van der Waals surface area contributed by atoms with E-state index in [-0.39, 0.29) is 5.60 Å². The predicted octanol–water partition coefficient (Wildman–Crippen LogP) is 3.39. The first-order chi connectivity index (χ1) is 9.22. The molecule has 1 saturated heterocycles. The van der Waals surface area contributed by atoms with Crippen LogP contribution in [0, 0.1) is 0 Å². The molecule has 0 bridgehead atoms. The zero-order valence-electron chi connectivity index (χ0n) is 12.8. The molecule has 0 radical (unpaired) electrons. The van der Waals surface area contributed by atoms with Gasteiger partial charge in [0.1, 0.15) is 11.4 Å². The molecule has 2 fully saturated rings. The van der Waals surface area contributed by atoms with E-state index in [1.807, 2.05) is 52.0 Å². The van der Waals surface area contributed by atoms with Crippen molar-refractivity contribution in [2.45, 2.75) is 69.9 Å². The van der Waals surface area contributed by atoms with E-state index in [1.54, 1.807) is 0 Å². The minimum Gasteiger partial charge on any atom is -0.490 e. The molecular formula is C17H24O3. The first-order valence-corrected chi connectivity index (χ1v) is 7.42. The highest BCUT2D eigenvalue weighted by atomic mass is 16.5. The van der Waals surface area contributed by atoms with Crippen LogP contribution in [0.25, 0.3) is 0 Å². The van der Waals surface area contributed by atoms with Crippen molar-refractivity contribution < 1.29 is 14.6 Å². The number of hydrogen-bond acceptors (Lipinski definition) is 3. The van der Waals surface area contributed by atoms with E-state index in [2.05, 4.69) is 0 Å². The summed E-state index contributed by atoms with van der Waals surface area (Å²) in [5.74, 6) is 0.885. The van der Waals surface area contributed by atoms with Crippen LogP contribution in [0.1, 0.15) is 52.5 Å². The fourth-order valence-corrected chi connectivity index (χ4v) is 3.28. The molecule has 1 aromatic rings. The molecule has 1 heterocycles. The fourth-order valence-electron chi connectivity index (χ4n) is 3.28. The summed E-state index contributed by atoms with van der Waals surface area (Å²) in [6, 6.07) is 7.83. The van der Waals surface area contributed by atoms with Gasteiger partial charge >= 0.3 is 0 Å². The quantitative estimate of drug-likeness (QED) is 0.919. The zero-order valence-corrected chi connectivity index (χ0v) is 12.8. The van der Waals surface area contributed by atoms with Gasteiger partial charge in [0.05, 0.1) is 17.3 Å². The van der Waals surface area contributed by atoms with Gasteiger partial charge in [-0.25, -0.2) is 0 Å². The SMILES string of the molecule is CC1(C)CC(O)(c2ccc(OC3CC3)cc2)C(C)(C)O1. The van der Waals surface area contributed by atoms with Gasteiger partial charge in [-0.15, -0.1) is 0 Å². The van der Waals surface area contributed by atoms with E-state index in [9.17, 15) is 5.11 Å². The molecule has 1 aromatic carbocycles. The average Bonchev–Trinajstić information content (AvgIpc) is 3.08. The molecule has 2 aliphatic rings. The lowest BCUT2D eigenvalue weighted by atomic mass is 9.77. The molecule has 110 valence electrons. The summed E-state index contributed by atoms with van der Waals surface area (Å²) >= 11 is 0. The van der Waals surface area contributed by atoms with Gasteiger partial charge in [-0.1, -0.05) is 12.1 Å². The van der Waals surface area contributed by atoms with Crippen LogP contribution in [-0.2, 0) is 10.3 Å². The monoisotopic (exact) mass is 276 g/mol. The van der Waals surface area contributed by atoms with Gasteiger partial charge in [-0.3, -0.25) is 0 Å². The third-order valence-corrected chi connectivity index (χ3v) is 4.37. The van der Waals surface area contributed by atoms with Crippen LogP contribution in [0.2, 0.25) is 0 Å². The molecule has 1 unspecified atom stereocenters. The summed E-state index contributed by atoms with van der Waals surface area (Å²) in [4.78, 5) is 0. The van der Waals surface area contributed by atoms with Crippen molar-refractivity contribution in [3.8, 4) is 5.75 Å². The van der Waals surface area contributed by atoms with Gasteiger partial charge in [-0.05, 0) is 58.2 Å². The lowest BCUT2D eigenvalue weighted by Gasteiger charge is -2.35. The second-order valence-electron chi connectivity index (χ2n) is 7.25. The normalized spacial score (nSPS) is 31.2. The van der Waals surface area contributed by atoms with Crippen LogP contribution >= 0.6 is 0 Å². The Hall–Kier alpha value is -1.06. The maximum absolute atomic E-state index is 11.1. The van der Waals surface area contributed by atoms with Gasteiger partial charge in [0.25, 0.3) is 0 Å². The third-order valence-electron chi connectivity index (χ3n) is 4.37. The van der Waals surface area contributed by atoms with E-state index in [4.69, 9.17) is 9.47 Å². The topological polar surface area (TPSA) is 38.7 Å². The maximum atomic E-state index is 11.1. The van der Waals surface area contributed by atoms with E-state index in [0.29, 0.717) is 12.5 Å². The Labute approximate surface area is 120 Å². The molecule has 3 rings (SSSR count). The number of rotatable bonds is 3. The molecule has 0 spiro atoms. The number of hydrogen-bond donors (Lipinski definition) is 1. The molecule has 3 heteroatoms. The van der Waals surface area contributed by atoms with Crippen molar-refractivity contribution in [2.24, 2.45) is 0 Å². The van der Waals surface area contributed by atoms with Crippen LogP contribution in [0.3, 0.4) is 0 Å². The Morgan fingerprint density at radius 1 is 1.10 bits per heavy atom. The molecule has 1 atom stereocenters. The molecule has 0 aromatic heterocycles. The summed E-state index contributed by atoms with van der Waals surface area (Å²) in [5.41, 5.74) is -0.984. The van der Waals surface area contributed by atoms with E-state index in [0.717, 1.165) is 24.2 Å². The molecule has 3 nitrogen and oxygen atoms in total. The molecule has 20 heavy (non-hydrogen) atoms. The maximum Gasteiger partial charge on any atom is 0.121 e. The first kappa shape index (κ1) is 13.9. The summed E-state index contributed by atoms with van der Waals surface area (Å²) in [6.45, 7) is 7.96. The van der Waals surface area contributed by atoms with Crippen molar-refractivity contribution in [1.29, 1.82) is 0 Å². The molecular weight excluding hydrogens is 252 g/mol. The van der Waals surface area contributed by atoms with Crippen LogP contribution < -0.4 is 4.74 Å². The van der Waals surface area contributed by atoms with E-state index < -0.39 is 11.2 Å². The second-order valence-corrected chi connectivity index (χ2v) is 7.25. The van der Waals surface area contributed by atoms with Gasteiger partial charge < -0.3 is 14.6 Å². The van der Waals surface area contributed by atoms with E-state index in [1.165, 1.54) is 0 Å². The highest BCUT2D eigenvalue weighted by Crippen LogP contribution is 2.50. The van der Waals surface area contributed by atoms with Crippen molar-refractivity contribution >= 4 is 0 Å². The third kappa shape index (κ3) is 2.33. The smallest absolute Gasteiger partial charge is 0.121 e. The lowest BCUT2D eigenvalue weighted by molar-refractivity contribution is -0.129. The van der Waals surface area contributed by atoms with Crippen molar-refractivity contribution in [1.82, 2.24) is 0 Å². The average molecular weight is 276 g/mol. The van der Waals surface area contributed by atoms with E-state index >= 15 is 0 Å². The van der Waals surface area contributed by atoms with Gasteiger partial charge in [-0.2, -0.15) is 0 Å². The molecule has 1 aliphatic heterocycles. The highest BCUT2D eigenvalue weighted by Gasteiger charge is 2.57. The number of ether oxygens (including phenoxy) is 2. The Balaban J connectivity index is 1.86. The Kier molecular flexibility index (Phi) is 2.93.